The largest absolute Gasteiger partial charge is 0.454 e. The number of thiophene rings is 1. The Morgan fingerprint density at radius 2 is 2.14 bits per heavy atom. The SMILES string of the molecule is Cc1sc2nc(-n3cccn3)nc(NCCc3ccc4c(c3)OCO4)c2c1Cl. The van der Waals surface area contributed by atoms with E-state index in [0.29, 0.717) is 23.3 Å². The van der Waals surface area contributed by atoms with E-state index in [4.69, 9.17) is 21.1 Å². The molecule has 5 rings (SSSR count). The molecule has 142 valence electrons. The minimum Gasteiger partial charge on any atom is -0.454 e. The second-order valence-corrected chi connectivity index (χ2v) is 7.92. The van der Waals surface area contributed by atoms with Crippen molar-refractivity contribution in [2.75, 3.05) is 18.7 Å². The van der Waals surface area contributed by atoms with Crippen molar-refractivity contribution in [3.05, 3.63) is 52.1 Å². The molecule has 0 amide bonds. The van der Waals surface area contributed by atoms with Crippen molar-refractivity contribution in [1.82, 2.24) is 19.7 Å². The Hall–Kier alpha value is -2.84. The van der Waals surface area contributed by atoms with Crippen molar-refractivity contribution in [2.24, 2.45) is 0 Å². The highest BCUT2D eigenvalue weighted by Gasteiger charge is 2.17. The molecule has 0 aliphatic carbocycles. The Morgan fingerprint density at radius 3 is 3.00 bits per heavy atom. The van der Waals surface area contributed by atoms with E-state index in [-0.39, 0.29) is 6.79 Å². The zero-order valence-corrected chi connectivity index (χ0v) is 16.5. The fourth-order valence-corrected chi connectivity index (χ4v) is 4.37. The number of anilines is 1. The van der Waals surface area contributed by atoms with Gasteiger partial charge in [0.15, 0.2) is 11.5 Å². The number of hydrogen-bond donors (Lipinski definition) is 1. The lowest BCUT2D eigenvalue weighted by Gasteiger charge is -2.10. The molecule has 0 radical (unpaired) electrons. The van der Waals surface area contributed by atoms with Gasteiger partial charge in [0.25, 0.3) is 5.95 Å². The Kier molecular flexibility index (Phi) is 4.29. The lowest BCUT2D eigenvalue weighted by molar-refractivity contribution is 0.174. The number of aryl methyl sites for hydroxylation is 1. The average Bonchev–Trinajstić information content (AvgIpc) is 3.43. The van der Waals surface area contributed by atoms with Gasteiger partial charge in [0.1, 0.15) is 10.6 Å². The van der Waals surface area contributed by atoms with Gasteiger partial charge >= 0.3 is 0 Å². The molecule has 0 saturated heterocycles. The zero-order valence-electron chi connectivity index (χ0n) is 15.0. The molecule has 7 nitrogen and oxygen atoms in total. The van der Waals surface area contributed by atoms with Gasteiger partial charge in [-0.1, -0.05) is 17.7 Å². The number of hydrogen-bond acceptors (Lipinski definition) is 7. The number of ether oxygens (including phenoxy) is 2. The first-order chi connectivity index (χ1) is 13.7. The molecular weight excluding hydrogens is 398 g/mol. The molecule has 1 aromatic carbocycles. The van der Waals surface area contributed by atoms with Crippen LogP contribution in [0.25, 0.3) is 16.2 Å². The summed E-state index contributed by atoms with van der Waals surface area (Å²) in [6.07, 6.45) is 4.33. The third-order valence-electron chi connectivity index (χ3n) is 4.49. The third kappa shape index (κ3) is 3.04. The fourth-order valence-electron chi connectivity index (χ4n) is 3.11. The number of nitrogens with one attached hydrogen (secondary N) is 1. The maximum absolute atomic E-state index is 6.52. The molecule has 4 aromatic rings. The van der Waals surface area contributed by atoms with Crippen LogP contribution < -0.4 is 14.8 Å². The van der Waals surface area contributed by atoms with Crippen molar-refractivity contribution in [3.63, 3.8) is 0 Å². The normalized spacial score (nSPS) is 12.6. The number of benzene rings is 1. The molecule has 1 N–H and O–H groups in total. The summed E-state index contributed by atoms with van der Waals surface area (Å²) in [7, 11) is 0. The van der Waals surface area contributed by atoms with Crippen LogP contribution in [0.2, 0.25) is 5.02 Å². The van der Waals surface area contributed by atoms with E-state index in [0.717, 1.165) is 38.6 Å². The van der Waals surface area contributed by atoms with Crippen molar-refractivity contribution in [2.45, 2.75) is 13.3 Å². The van der Waals surface area contributed by atoms with Crippen LogP contribution in [0.15, 0.2) is 36.7 Å². The van der Waals surface area contributed by atoms with E-state index in [2.05, 4.69) is 20.4 Å². The predicted octanol–water partition coefficient (Wildman–Crippen LogP) is 4.22. The van der Waals surface area contributed by atoms with Crippen LogP contribution in [0.4, 0.5) is 5.82 Å². The predicted molar refractivity (Wildman–Crippen MR) is 109 cm³/mol. The van der Waals surface area contributed by atoms with Gasteiger partial charge in [-0.3, -0.25) is 0 Å². The first-order valence-electron chi connectivity index (χ1n) is 8.78. The van der Waals surface area contributed by atoms with E-state index in [1.165, 1.54) is 0 Å². The van der Waals surface area contributed by atoms with Gasteiger partial charge in [0.2, 0.25) is 6.79 Å². The van der Waals surface area contributed by atoms with Crippen LogP contribution in [0.5, 0.6) is 11.5 Å². The number of fused-ring (bicyclic) bond motifs is 2. The Bertz CT molecular complexity index is 1160. The van der Waals surface area contributed by atoms with Crippen molar-refractivity contribution < 1.29 is 9.47 Å². The second kappa shape index (κ2) is 6.96. The topological polar surface area (TPSA) is 74.1 Å². The first-order valence-corrected chi connectivity index (χ1v) is 9.97. The van der Waals surface area contributed by atoms with Crippen molar-refractivity contribution in [1.29, 1.82) is 0 Å². The Labute approximate surface area is 169 Å². The van der Waals surface area contributed by atoms with E-state index in [1.807, 2.05) is 37.4 Å². The van der Waals surface area contributed by atoms with Gasteiger partial charge in [-0.15, -0.1) is 11.3 Å². The summed E-state index contributed by atoms with van der Waals surface area (Å²) in [5.41, 5.74) is 1.15. The molecule has 1 aliphatic rings. The van der Waals surface area contributed by atoms with Gasteiger partial charge in [-0.2, -0.15) is 15.1 Å². The number of halogens is 1. The van der Waals surface area contributed by atoms with Gasteiger partial charge in [0.05, 0.1) is 10.4 Å². The Morgan fingerprint density at radius 1 is 1.25 bits per heavy atom. The van der Waals surface area contributed by atoms with Crippen LogP contribution in [0.3, 0.4) is 0 Å². The fraction of sp³-hybridized carbons (Fsp3) is 0.211. The van der Waals surface area contributed by atoms with Gasteiger partial charge in [0, 0.05) is 23.8 Å². The molecule has 0 saturated carbocycles. The van der Waals surface area contributed by atoms with Crippen LogP contribution in [-0.2, 0) is 6.42 Å². The number of rotatable bonds is 5. The summed E-state index contributed by atoms with van der Waals surface area (Å²) < 4.78 is 12.5. The third-order valence-corrected chi connectivity index (χ3v) is 6.08. The van der Waals surface area contributed by atoms with E-state index >= 15 is 0 Å². The minimum absolute atomic E-state index is 0.280. The van der Waals surface area contributed by atoms with Gasteiger partial charge < -0.3 is 14.8 Å². The number of aromatic nitrogens is 4. The molecule has 9 heteroatoms. The minimum atomic E-state index is 0.280. The van der Waals surface area contributed by atoms with Gasteiger partial charge in [-0.05, 0) is 37.1 Å². The first kappa shape index (κ1) is 17.3. The molecule has 0 fully saturated rings. The Balaban J connectivity index is 1.42. The van der Waals surface area contributed by atoms with E-state index in [1.54, 1.807) is 22.2 Å². The molecule has 0 spiro atoms. The summed E-state index contributed by atoms with van der Waals surface area (Å²) in [4.78, 5) is 11.1. The highest BCUT2D eigenvalue weighted by molar-refractivity contribution is 7.19. The molecule has 4 heterocycles. The smallest absolute Gasteiger partial charge is 0.253 e. The lowest BCUT2D eigenvalue weighted by atomic mass is 10.1. The molecule has 0 atom stereocenters. The summed E-state index contributed by atoms with van der Waals surface area (Å²) in [5.74, 6) is 2.81. The van der Waals surface area contributed by atoms with Crippen LogP contribution in [0, 0.1) is 6.92 Å². The lowest BCUT2D eigenvalue weighted by Crippen LogP contribution is -2.10. The van der Waals surface area contributed by atoms with Crippen molar-refractivity contribution in [3.8, 4) is 17.4 Å². The van der Waals surface area contributed by atoms with Crippen LogP contribution in [-0.4, -0.2) is 33.1 Å². The van der Waals surface area contributed by atoms with Crippen LogP contribution in [0.1, 0.15) is 10.4 Å². The average molecular weight is 414 g/mol. The van der Waals surface area contributed by atoms with Crippen LogP contribution >= 0.6 is 22.9 Å². The second-order valence-electron chi connectivity index (χ2n) is 6.34. The highest BCUT2D eigenvalue weighted by Crippen LogP contribution is 2.38. The molecule has 28 heavy (non-hydrogen) atoms. The van der Waals surface area contributed by atoms with E-state index < -0.39 is 0 Å². The maximum Gasteiger partial charge on any atom is 0.253 e. The summed E-state index contributed by atoms with van der Waals surface area (Å²) in [6.45, 7) is 2.95. The molecule has 0 unspecified atom stereocenters. The summed E-state index contributed by atoms with van der Waals surface area (Å²) >= 11 is 8.07. The molecule has 0 bridgehead atoms. The maximum atomic E-state index is 6.52. The molecule has 3 aromatic heterocycles. The standard InChI is InChI=1S/C19H16ClN5O2S/c1-11-16(20)15-17(23-19(24-18(15)28-11)25-8-2-6-22-25)21-7-5-12-3-4-13-14(9-12)27-10-26-13/h2-4,6,8-9H,5,7,10H2,1H3,(H,21,23,24). The summed E-state index contributed by atoms with van der Waals surface area (Å²) in [6, 6.07) is 7.83. The van der Waals surface area contributed by atoms with Crippen molar-refractivity contribution >= 4 is 39.0 Å². The molecule has 1 aliphatic heterocycles. The number of nitrogens with zero attached hydrogens (tertiary/aromatic N) is 4. The highest BCUT2D eigenvalue weighted by atomic mass is 35.5. The monoisotopic (exact) mass is 413 g/mol. The molecular formula is C19H16ClN5O2S. The zero-order chi connectivity index (χ0) is 19.1. The van der Waals surface area contributed by atoms with Gasteiger partial charge in [-0.25, -0.2) is 4.68 Å². The van der Waals surface area contributed by atoms with E-state index in [9.17, 15) is 0 Å². The quantitative estimate of drug-likeness (QED) is 0.528. The summed E-state index contributed by atoms with van der Waals surface area (Å²) in [5, 5.41) is 9.20.